The summed E-state index contributed by atoms with van der Waals surface area (Å²) in [5, 5.41) is 1.26. The molecule has 0 aliphatic carbocycles. The van der Waals surface area contributed by atoms with Crippen LogP contribution in [0.4, 0.5) is 0 Å². The minimum atomic E-state index is 0.550. The van der Waals surface area contributed by atoms with E-state index in [1.807, 2.05) is 6.20 Å². The number of rotatable bonds is 3. The number of nitrogens with zero attached hydrogens (tertiary/aromatic N) is 2. The Labute approximate surface area is 95.3 Å². The highest BCUT2D eigenvalue weighted by Crippen LogP contribution is 2.32. The van der Waals surface area contributed by atoms with E-state index >= 15 is 0 Å². The average Bonchev–Trinajstić information content (AvgIpc) is 2.77. The first-order valence-electron chi connectivity index (χ1n) is 5.74. The lowest BCUT2D eigenvalue weighted by Gasteiger charge is -2.33. The van der Waals surface area contributed by atoms with E-state index in [-0.39, 0.29) is 0 Å². The molecule has 4 heteroatoms. The molecule has 1 saturated heterocycles. The molecule has 0 saturated carbocycles. The van der Waals surface area contributed by atoms with Crippen LogP contribution in [0, 0.1) is 0 Å². The van der Waals surface area contributed by atoms with Crippen molar-refractivity contribution in [2.24, 2.45) is 5.73 Å². The van der Waals surface area contributed by atoms with Crippen molar-refractivity contribution in [3.8, 4) is 0 Å². The van der Waals surface area contributed by atoms with E-state index in [9.17, 15) is 0 Å². The minimum absolute atomic E-state index is 0.550. The van der Waals surface area contributed by atoms with Gasteiger partial charge >= 0.3 is 0 Å². The number of hydrogen-bond donors (Lipinski definition) is 1. The van der Waals surface area contributed by atoms with Crippen LogP contribution in [0.2, 0.25) is 0 Å². The standard InChI is InChI=1S/C11H19N3S/c1-2-14-6-4-3-5-10(14)11-13-8-9(7-12)15-11/h8,10H,2-7,12H2,1H3. The second kappa shape index (κ2) is 5.05. The number of hydrogen-bond acceptors (Lipinski definition) is 4. The van der Waals surface area contributed by atoms with Crippen LogP contribution in [0.15, 0.2) is 6.20 Å². The first-order valence-corrected chi connectivity index (χ1v) is 6.55. The molecule has 2 rings (SSSR count). The molecular weight excluding hydrogens is 206 g/mol. The molecule has 2 heterocycles. The number of piperidine rings is 1. The maximum atomic E-state index is 5.62. The summed E-state index contributed by atoms with van der Waals surface area (Å²) >= 11 is 1.78. The predicted octanol–water partition coefficient (Wildman–Crippen LogP) is 2.15. The highest BCUT2D eigenvalue weighted by atomic mass is 32.1. The van der Waals surface area contributed by atoms with Crippen molar-refractivity contribution in [1.29, 1.82) is 0 Å². The van der Waals surface area contributed by atoms with E-state index in [0.29, 0.717) is 12.6 Å². The van der Waals surface area contributed by atoms with Gasteiger partial charge in [-0.3, -0.25) is 4.90 Å². The highest BCUT2D eigenvalue weighted by Gasteiger charge is 2.24. The Balaban J connectivity index is 2.12. The number of likely N-dealkylation sites (tertiary alicyclic amines) is 1. The molecule has 0 bridgehead atoms. The zero-order valence-electron chi connectivity index (χ0n) is 9.28. The lowest BCUT2D eigenvalue weighted by atomic mass is 10.0. The molecule has 1 aliphatic heterocycles. The Hall–Kier alpha value is -0.450. The van der Waals surface area contributed by atoms with Crippen LogP contribution in [0.1, 0.15) is 42.1 Å². The van der Waals surface area contributed by atoms with Crippen LogP contribution in [0.25, 0.3) is 0 Å². The first kappa shape index (κ1) is 11.0. The molecule has 1 unspecified atom stereocenters. The Morgan fingerprint density at radius 2 is 2.47 bits per heavy atom. The molecule has 2 N–H and O–H groups in total. The molecule has 0 radical (unpaired) electrons. The van der Waals surface area contributed by atoms with Gasteiger partial charge in [0.1, 0.15) is 5.01 Å². The molecule has 1 fully saturated rings. The minimum Gasteiger partial charge on any atom is -0.326 e. The SMILES string of the molecule is CCN1CCCCC1c1ncc(CN)s1. The maximum Gasteiger partial charge on any atom is 0.110 e. The van der Waals surface area contributed by atoms with Crippen molar-refractivity contribution in [3.63, 3.8) is 0 Å². The second-order valence-electron chi connectivity index (χ2n) is 4.01. The molecule has 0 spiro atoms. The predicted molar refractivity (Wildman–Crippen MR) is 63.8 cm³/mol. The molecular formula is C11H19N3S. The number of thiazole rings is 1. The molecule has 1 aliphatic rings. The van der Waals surface area contributed by atoms with Crippen LogP contribution in [0.5, 0.6) is 0 Å². The lowest BCUT2D eigenvalue weighted by Crippen LogP contribution is -2.32. The highest BCUT2D eigenvalue weighted by molar-refractivity contribution is 7.11. The molecule has 1 aromatic rings. The van der Waals surface area contributed by atoms with Crippen molar-refractivity contribution >= 4 is 11.3 Å². The Kier molecular flexibility index (Phi) is 3.72. The number of nitrogens with two attached hydrogens (primary N) is 1. The average molecular weight is 225 g/mol. The zero-order chi connectivity index (χ0) is 10.7. The van der Waals surface area contributed by atoms with E-state index in [1.165, 1.54) is 35.7 Å². The van der Waals surface area contributed by atoms with E-state index in [2.05, 4.69) is 16.8 Å². The fourth-order valence-corrected chi connectivity index (χ4v) is 3.19. The fourth-order valence-electron chi connectivity index (χ4n) is 2.22. The Morgan fingerprint density at radius 1 is 1.60 bits per heavy atom. The van der Waals surface area contributed by atoms with Gasteiger partial charge in [-0.2, -0.15) is 0 Å². The summed E-state index contributed by atoms with van der Waals surface area (Å²) in [5.74, 6) is 0. The molecule has 1 aromatic heterocycles. The third-order valence-electron chi connectivity index (χ3n) is 3.08. The summed E-state index contributed by atoms with van der Waals surface area (Å²) in [6, 6.07) is 0.550. The van der Waals surface area contributed by atoms with Gasteiger partial charge in [0.2, 0.25) is 0 Å². The lowest BCUT2D eigenvalue weighted by molar-refractivity contribution is 0.157. The monoisotopic (exact) mass is 225 g/mol. The van der Waals surface area contributed by atoms with Gasteiger partial charge in [-0.05, 0) is 25.9 Å². The van der Waals surface area contributed by atoms with Crippen molar-refractivity contribution in [1.82, 2.24) is 9.88 Å². The van der Waals surface area contributed by atoms with E-state index in [1.54, 1.807) is 11.3 Å². The normalized spacial score (nSPS) is 23.2. The van der Waals surface area contributed by atoms with Crippen LogP contribution in [-0.4, -0.2) is 23.0 Å². The summed E-state index contributed by atoms with van der Waals surface area (Å²) in [7, 11) is 0. The summed E-state index contributed by atoms with van der Waals surface area (Å²) in [5.41, 5.74) is 5.62. The summed E-state index contributed by atoms with van der Waals surface area (Å²) in [4.78, 5) is 8.24. The van der Waals surface area contributed by atoms with E-state index in [0.717, 1.165) is 6.54 Å². The molecule has 0 aromatic carbocycles. The quantitative estimate of drug-likeness (QED) is 0.857. The molecule has 84 valence electrons. The van der Waals surface area contributed by atoms with Crippen LogP contribution in [0.3, 0.4) is 0 Å². The van der Waals surface area contributed by atoms with Crippen LogP contribution >= 0.6 is 11.3 Å². The van der Waals surface area contributed by atoms with Crippen molar-refractivity contribution in [3.05, 3.63) is 16.1 Å². The van der Waals surface area contributed by atoms with Gasteiger partial charge in [-0.15, -0.1) is 11.3 Å². The van der Waals surface area contributed by atoms with Gasteiger partial charge in [0.15, 0.2) is 0 Å². The van der Waals surface area contributed by atoms with Gasteiger partial charge in [0.05, 0.1) is 6.04 Å². The third-order valence-corrected chi connectivity index (χ3v) is 4.20. The molecule has 0 amide bonds. The summed E-state index contributed by atoms with van der Waals surface area (Å²) in [6.07, 6.45) is 5.85. The maximum absolute atomic E-state index is 5.62. The number of aromatic nitrogens is 1. The van der Waals surface area contributed by atoms with Gasteiger partial charge in [-0.1, -0.05) is 13.3 Å². The van der Waals surface area contributed by atoms with Crippen molar-refractivity contribution in [2.45, 2.75) is 38.8 Å². The van der Waals surface area contributed by atoms with Crippen molar-refractivity contribution < 1.29 is 0 Å². The Morgan fingerprint density at radius 3 is 3.13 bits per heavy atom. The first-order chi connectivity index (χ1) is 7.35. The van der Waals surface area contributed by atoms with Gasteiger partial charge in [0, 0.05) is 17.6 Å². The summed E-state index contributed by atoms with van der Waals surface area (Å²) < 4.78 is 0. The van der Waals surface area contributed by atoms with Crippen molar-refractivity contribution in [2.75, 3.05) is 13.1 Å². The molecule has 15 heavy (non-hydrogen) atoms. The zero-order valence-corrected chi connectivity index (χ0v) is 10.1. The topological polar surface area (TPSA) is 42.2 Å². The second-order valence-corrected chi connectivity index (χ2v) is 5.16. The molecule has 1 atom stereocenters. The van der Waals surface area contributed by atoms with Gasteiger partial charge in [-0.25, -0.2) is 4.98 Å². The van der Waals surface area contributed by atoms with Crippen LogP contribution in [-0.2, 0) is 6.54 Å². The fraction of sp³-hybridized carbons (Fsp3) is 0.727. The Bertz CT molecular complexity index is 311. The third kappa shape index (κ3) is 2.38. The van der Waals surface area contributed by atoms with E-state index in [4.69, 9.17) is 5.73 Å². The van der Waals surface area contributed by atoms with Crippen LogP contribution < -0.4 is 5.73 Å². The van der Waals surface area contributed by atoms with E-state index < -0.39 is 0 Å². The van der Waals surface area contributed by atoms with Gasteiger partial charge < -0.3 is 5.73 Å². The molecule has 3 nitrogen and oxygen atoms in total. The van der Waals surface area contributed by atoms with Gasteiger partial charge in [0.25, 0.3) is 0 Å². The smallest absolute Gasteiger partial charge is 0.110 e. The summed E-state index contributed by atoms with van der Waals surface area (Å²) in [6.45, 7) is 5.20. The largest absolute Gasteiger partial charge is 0.326 e.